The average Bonchev–Trinajstić information content (AvgIpc) is 2.18. The number of hydrogen-bond acceptors (Lipinski definition) is 3. The molecule has 0 spiro atoms. The first-order valence-corrected chi connectivity index (χ1v) is 6.96. The van der Waals surface area contributed by atoms with E-state index in [2.05, 4.69) is 0 Å². The Morgan fingerprint density at radius 3 is 2.56 bits per heavy atom. The maximum absolute atomic E-state index is 10.6. The largest absolute Gasteiger partial charge is 0.492 e. The van der Waals surface area contributed by atoms with Crippen LogP contribution in [0, 0.1) is 0 Å². The summed E-state index contributed by atoms with van der Waals surface area (Å²) in [4.78, 5) is 0. The summed E-state index contributed by atoms with van der Waals surface area (Å²) in [6.45, 7) is 0.430. The predicted molar refractivity (Wildman–Crippen MR) is 64.2 cm³/mol. The van der Waals surface area contributed by atoms with Crippen molar-refractivity contribution >= 4 is 21.6 Å². The third-order valence-corrected chi connectivity index (χ3v) is 3.09. The molecule has 0 heterocycles. The van der Waals surface area contributed by atoms with Gasteiger partial charge in [-0.3, -0.25) is 0 Å². The molecule has 0 aliphatic rings. The van der Waals surface area contributed by atoms with E-state index < -0.39 is 10.0 Å². The first-order valence-electron chi connectivity index (χ1n) is 4.87. The van der Waals surface area contributed by atoms with Crippen molar-refractivity contribution in [3.63, 3.8) is 0 Å². The van der Waals surface area contributed by atoms with E-state index in [1.54, 1.807) is 12.1 Å². The highest BCUT2D eigenvalue weighted by molar-refractivity contribution is 7.89. The predicted octanol–water partition coefficient (Wildman–Crippen LogP) is 1.79. The van der Waals surface area contributed by atoms with Crippen molar-refractivity contribution < 1.29 is 13.2 Å². The van der Waals surface area contributed by atoms with Gasteiger partial charge in [-0.25, -0.2) is 13.6 Å². The molecular formula is C10H14ClNO3S. The van der Waals surface area contributed by atoms with Crippen LogP contribution in [0.1, 0.15) is 12.8 Å². The zero-order chi connectivity index (χ0) is 12.0. The normalized spacial score (nSPS) is 11.4. The molecule has 0 aliphatic heterocycles. The van der Waals surface area contributed by atoms with E-state index in [0.29, 0.717) is 30.2 Å². The summed E-state index contributed by atoms with van der Waals surface area (Å²) in [7, 11) is -3.36. The molecule has 1 aromatic carbocycles. The van der Waals surface area contributed by atoms with Gasteiger partial charge in [0.25, 0.3) is 0 Å². The molecule has 0 saturated carbocycles. The zero-order valence-electron chi connectivity index (χ0n) is 8.73. The minimum atomic E-state index is -3.36. The molecule has 1 rings (SSSR count). The van der Waals surface area contributed by atoms with E-state index in [1.807, 2.05) is 12.1 Å². The fourth-order valence-electron chi connectivity index (χ4n) is 1.15. The van der Waals surface area contributed by atoms with Crippen LogP contribution in [0.2, 0.25) is 5.02 Å². The van der Waals surface area contributed by atoms with Gasteiger partial charge in [0.1, 0.15) is 5.75 Å². The van der Waals surface area contributed by atoms with Crippen LogP contribution in [0.15, 0.2) is 24.3 Å². The first kappa shape index (κ1) is 13.3. The van der Waals surface area contributed by atoms with Gasteiger partial charge in [-0.2, -0.15) is 0 Å². The Hall–Kier alpha value is -0.780. The number of hydrogen-bond donors (Lipinski definition) is 1. The standard InChI is InChI=1S/C10H14ClNO3S/c11-9-5-1-2-6-10(9)15-7-3-4-8-16(12,13)14/h1-2,5-6H,3-4,7-8H2,(H2,12,13,14). The molecule has 0 radical (unpaired) electrons. The summed E-state index contributed by atoms with van der Waals surface area (Å²) in [6.07, 6.45) is 1.12. The third kappa shape index (κ3) is 5.34. The lowest BCUT2D eigenvalue weighted by atomic mass is 10.3. The van der Waals surface area contributed by atoms with E-state index in [0.717, 1.165) is 0 Å². The van der Waals surface area contributed by atoms with Crippen LogP contribution >= 0.6 is 11.6 Å². The van der Waals surface area contributed by atoms with Gasteiger partial charge >= 0.3 is 0 Å². The molecular weight excluding hydrogens is 250 g/mol. The lowest BCUT2D eigenvalue weighted by molar-refractivity contribution is 0.309. The van der Waals surface area contributed by atoms with Crippen molar-refractivity contribution in [3.05, 3.63) is 29.3 Å². The van der Waals surface area contributed by atoms with E-state index in [-0.39, 0.29) is 5.75 Å². The first-order chi connectivity index (χ1) is 7.49. The van der Waals surface area contributed by atoms with Crippen molar-refractivity contribution in [1.82, 2.24) is 0 Å². The van der Waals surface area contributed by atoms with Crippen molar-refractivity contribution in [3.8, 4) is 5.75 Å². The topological polar surface area (TPSA) is 69.4 Å². The van der Waals surface area contributed by atoms with Gasteiger partial charge in [0, 0.05) is 0 Å². The minimum absolute atomic E-state index is 0.0150. The fraction of sp³-hybridized carbons (Fsp3) is 0.400. The Balaban J connectivity index is 2.24. The van der Waals surface area contributed by atoms with Gasteiger partial charge in [0.05, 0.1) is 17.4 Å². The Kier molecular flexibility index (Phi) is 5.05. The van der Waals surface area contributed by atoms with Crippen LogP contribution in [-0.2, 0) is 10.0 Å². The number of sulfonamides is 1. The number of unbranched alkanes of at least 4 members (excludes halogenated alkanes) is 1. The van der Waals surface area contributed by atoms with Crippen LogP contribution in [-0.4, -0.2) is 20.8 Å². The zero-order valence-corrected chi connectivity index (χ0v) is 10.3. The summed E-state index contributed by atoms with van der Waals surface area (Å²) >= 11 is 5.87. The number of ether oxygens (including phenoxy) is 1. The SMILES string of the molecule is NS(=O)(=O)CCCCOc1ccccc1Cl. The van der Waals surface area contributed by atoms with Gasteiger partial charge in [-0.1, -0.05) is 23.7 Å². The molecule has 0 saturated heterocycles. The smallest absolute Gasteiger partial charge is 0.209 e. The second-order valence-electron chi connectivity index (χ2n) is 3.35. The lowest BCUT2D eigenvalue weighted by Gasteiger charge is -2.06. The molecule has 6 heteroatoms. The Labute approximate surface area is 100 Å². The molecule has 0 aromatic heterocycles. The van der Waals surface area contributed by atoms with Crippen molar-refractivity contribution in [2.75, 3.05) is 12.4 Å². The molecule has 2 N–H and O–H groups in total. The number of nitrogens with two attached hydrogens (primary N) is 1. The van der Waals surface area contributed by atoms with Crippen LogP contribution in [0.4, 0.5) is 0 Å². The van der Waals surface area contributed by atoms with E-state index >= 15 is 0 Å². The fourth-order valence-corrected chi connectivity index (χ4v) is 1.95. The number of rotatable bonds is 6. The van der Waals surface area contributed by atoms with E-state index in [1.165, 1.54) is 0 Å². The molecule has 0 bridgehead atoms. The summed E-state index contributed by atoms with van der Waals surface area (Å²) < 4.78 is 26.7. The van der Waals surface area contributed by atoms with Crippen molar-refractivity contribution in [2.45, 2.75) is 12.8 Å². The quantitative estimate of drug-likeness (QED) is 0.796. The highest BCUT2D eigenvalue weighted by atomic mass is 35.5. The molecule has 0 aliphatic carbocycles. The number of primary sulfonamides is 1. The second kappa shape index (κ2) is 6.08. The second-order valence-corrected chi connectivity index (χ2v) is 5.49. The highest BCUT2D eigenvalue weighted by Crippen LogP contribution is 2.23. The monoisotopic (exact) mass is 263 g/mol. The number of benzene rings is 1. The summed E-state index contributed by atoms with van der Waals surface area (Å²) in [6, 6.07) is 7.14. The molecule has 0 unspecified atom stereocenters. The molecule has 1 aromatic rings. The summed E-state index contributed by atoms with van der Waals surface area (Å²) in [5, 5.41) is 5.41. The van der Waals surface area contributed by atoms with E-state index in [9.17, 15) is 8.42 Å². The minimum Gasteiger partial charge on any atom is -0.492 e. The Morgan fingerprint density at radius 2 is 1.94 bits per heavy atom. The maximum Gasteiger partial charge on any atom is 0.209 e. The maximum atomic E-state index is 10.6. The lowest BCUT2D eigenvalue weighted by Crippen LogP contribution is -2.16. The van der Waals surface area contributed by atoms with Crippen LogP contribution in [0.25, 0.3) is 0 Å². The Morgan fingerprint density at radius 1 is 1.25 bits per heavy atom. The van der Waals surface area contributed by atoms with Gasteiger partial charge in [0.2, 0.25) is 10.0 Å². The molecule has 0 fully saturated rings. The van der Waals surface area contributed by atoms with Gasteiger partial charge < -0.3 is 4.74 Å². The van der Waals surface area contributed by atoms with Gasteiger partial charge in [-0.15, -0.1) is 0 Å². The van der Waals surface area contributed by atoms with E-state index in [4.69, 9.17) is 21.5 Å². The highest BCUT2D eigenvalue weighted by Gasteiger charge is 2.03. The van der Waals surface area contributed by atoms with Crippen LogP contribution < -0.4 is 9.88 Å². The summed E-state index contributed by atoms with van der Waals surface area (Å²) in [5.74, 6) is 0.596. The molecule has 4 nitrogen and oxygen atoms in total. The number of halogens is 1. The van der Waals surface area contributed by atoms with Crippen molar-refractivity contribution in [2.24, 2.45) is 5.14 Å². The third-order valence-electron chi connectivity index (χ3n) is 1.92. The molecule has 90 valence electrons. The number of para-hydroxylation sites is 1. The van der Waals surface area contributed by atoms with Gasteiger partial charge in [0.15, 0.2) is 0 Å². The molecule has 0 atom stereocenters. The average molecular weight is 264 g/mol. The van der Waals surface area contributed by atoms with Crippen LogP contribution in [0.3, 0.4) is 0 Å². The molecule has 0 amide bonds. The van der Waals surface area contributed by atoms with Crippen molar-refractivity contribution in [1.29, 1.82) is 0 Å². The van der Waals surface area contributed by atoms with Crippen LogP contribution in [0.5, 0.6) is 5.75 Å². The summed E-state index contributed by atoms with van der Waals surface area (Å²) in [5.41, 5.74) is 0. The molecule has 16 heavy (non-hydrogen) atoms. The van der Waals surface area contributed by atoms with Gasteiger partial charge in [-0.05, 0) is 25.0 Å². The Bertz CT molecular complexity index is 433.